The fraction of sp³-hybridized carbons (Fsp3) is 0.571. The smallest absolute Gasteiger partial charge is 0.226 e. The van der Waals surface area contributed by atoms with Gasteiger partial charge in [0.25, 0.3) is 0 Å². The molecule has 0 spiro atoms. The van der Waals surface area contributed by atoms with Crippen LogP contribution in [-0.4, -0.2) is 30.1 Å². The first-order chi connectivity index (χ1) is 9.17. The maximum atomic E-state index is 4.70. The molecule has 1 N–H and O–H groups in total. The Morgan fingerprint density at radius 2 is 2.21 bits per heavy atom. The molecule has 1 aliphatic rings. The maximum absolute atomic E-state index is 4.70. The second kappa shape index (κ2) is 4.96. The van der Waals surface area contributed by atoms with Crippen molar-refractivity contribution in [1.29, 1.82) is 0 Å². The summed E-state index contributed by atoms with van der Waals surface area (Å²) in [6.45, 7) is 6.15. The van der Waals surface area contributed by atoms with Gasteiger partial charge in [0.1, 0.15) is 10.6 Å². The lowest BCUT2D eigenvalue weighted by Crippen LogP contribution is -2.22. The molecule has 19 heavy (non-hydrogen) atoms. The molecule has 0 amide bonds. The van der Waals surface area contributed by atoms with Crippen LogP contribution in [0.1, 0.15) is 24.6 Å². The molecule has 1 saturated carbocycles. The first-order valence-electron chi connectivity index (χ1n) is 6.90. The van der Waals surface area contributed by atoms with Gasteiger partial charge in [0.15, 0.2) is 0 Å². The Balaban J connectivity index is 2.02. The highest BCUT2D eigenvalue weighted by Gasteiger charge is 2.24. The summed E-state index contributed by atoms with van der Waals surface area (Å²) in [6.07, 6.45) is 2.72. The first kappa shape index (κ1) is 12.7. The zero-order valence-corrected chi connectivity index (χ0v) is 12.5. The number of aryl methyl sites for hydroxylation is 1. The molecule has 1 fully saturated rings. The van der Waals surface area contributed by atoms with Crippen LogP contribution in [-0.2, 0) is 0 Å². The van der Waals surface area contributed by atoms with Gasteiger partial charge in [-0.2, -0.15) is 4.98 Å². The molecule has 2 aromatic heterocycles. The molecule has 0 aromatic carbocycles. The number of thiophene rings is 1. The molecule has 2 aromatic rings. The Labute approximate surface area is 117 Å². The Morgan fingerprint density at radius 1 is 1.42 bits per heavy atom. The standard InChI is InChI=1S/C14H20N4S/c1-4-15-14-16-12(18(3)8-10-5-6-10)11-7-9(2)19-13(11)17-14/h7,10H,4-6,8H2,1-3H3,(H,15,16,17). The van der Waals surface area contributed by atoms with Gasteiger partial charge < -0.3 is 10.2 Å². The third-order valence-corrected chi connectivity index (χ3v) is 4.37. The summed E-state index contributed by atoms with van der Waals surface area (Å²) in [7, 11) is 2.14. The normalized spacial score (nSPS) is 14.9. The van der Waals surface area contributed by atoms with Crippen molar-refractivity contribution in [3.05, 3.63) is 10.9 Å². The minimum Gasteiger partial charge on any atom is -0.359 e. The van der Waals surface area contributed by atoms with Gasteiger partial charge in [-0.25, -0.2) is 4.98 Å². The minimum atomic E-state index is 0.745. The van der Waals surface area contributed by atoms with Crippen molar-refractivity contribution < 1.29 is 0 Å². The van der Waals surface area contributed by atoms with Crippen molar-refractivity contribution >= 4 is 33.3 Å². The van der Waals surface area contributed by atoms with Crippen LogP contribution >= 0.6 is 11.3 Å². The van der Waals surface area contributed by atoms with Gasteiger partial charge in [-0.05, 0) is 38.7 Å². The lowest BCUT2D eigenvalue weighted by Gasteiger charge is -2.19. The summed E-state index contributed by atoms with van der Waals surface area (Å²) in [5.74, 6) is 2.67. The number of nitrogens with zero attached hydrogens (tertiary/aromatic N) is 3. The minimum absolute atomic E-state index is 0.745. The summed E-state index contributed by atoms with van der Waals surface area (Å²) in [5, 5.41) is 4.42. The molecular formula is C14H20N4S. The Morgan fingerprint density at radius 3 is 2.89 bits per heavy atom. The van der Waals surface area contributed by atoms with E-state index < -0.39 is 0 Å². The Hall–Kier alpha value is -1.36. The van der Waals surface area contributed by atoms with E-state index in [4.69, 9.17) is 4.98 Å². The van der Waals surface area contributed by atoms with Crippen LogP contribution in [0, 0.1) is 12.8 Å². The second-order valence-corrected chi connectivity index (χ2v) is 6.54. The molecule has 0 saturated heterocycles. The van der Waals surface area contributed by atoms with E-state index in [1.807, 2.05) is 0 Å². The fourth-order valence-electron chi connectivity index (χ4n) is 2.33. The third-order valence-electron chi connectivity index (χ3n) is 3.42. The largest absolute Gasteiger partial charge is 0.359 e. The average molecular weight is 276 g/mol. The zero-order valence-electron chi connectivity index (χ0n) is 11.7. The number of hydrogen-bond donors (Lipinski definition) is 1. The highest BCUT2D eigenvalue weighted by molar-refractivity contribution is 7.18. The Kier molecular flexibility index (Phi) is 3.31. The second-order valence-electron chi connectivity index (χ2n) is 5.30. The Bertz CT molecular complexity index is 588. The highest BCUT2D eigenvalue weighted by atomic mass is 32.1. The van der Waals surface area contributed by atoms with E-state index in [1.54, 1.807) is 11.3 Å². The lowest BCUT2D eigenvalue weighted by atomic mass is 10.3. The number of rotatable bonds is 5. The van der Waals surface area contributed by atoms with Crippen LogP contribution in [0.5, 0.6) is 0 Å². The van der Waals surface area contributed by atoms with Gasteiger partial charge in [0.05, 0.1) is 5.39 Å². The topological polar surface area (TPSA) is 41.1 Å². The molecule has 0 unspecified atom stereocenters. The molecule has 1 aliphatic carbocycles. The van der Waals surface area contributed by atoms with Crippen LogP contribution < -0.4 is 10.2 Å². The molecule has 3 rings (SSSR count). The number of hydrogen-bond acceptors (Lipinski definition) is 5. The molecule has 0 radical (unpaired) electrons. The number of nitrogens with one attached hydrogen (secondary N) is 1. The molecule has 0 aliphatic heterocycles. The molecule has 0 bridgehead atoms. The lowest BCUT2D eigenvalue weighted by molar-refractivity contribution is 0.779. The number of fused-ring (bicyclic) bond motifs is 1. The predicted octanol–water partition coefficient (Wildman–Crippen LogP) is 3.28. The van der Waals surface area contributed by atoms with Gasteiger partial charge in [0.2, 0.25) is 5.95 Å². The first-order valence-corrected chi connectivity index (χ1v) is 7.72. The van der Waals surface area contributed by atoms with Gasteiger partial charge in [-0.1, -0.05) is 0 Å². The molecule has 0 atom stereocenters. The van der Waals surface area contributed by atoms with Gasteiger partial charge in [-0.15, -0.1) is 11.3 Å². The SMILES string of the molecule is CCNc1nc(N(C)CC2CC2)c2cc(C)sc2n1. The quantitative estimate of drug-likeness (QED) is 0.910. The monoisotopic (exact) mass is 276 g/mol. The van der Waals surface area contributed by atoms with Gasteiger partial charge in [-0.3, -0.25) is 0 Å². The van der Waals surface area contributed by atoms with Crippen LogP contribution in [0.15, 0.2) is 6.07 Å². The predicted molar refractivity (Wildman–Crippen MR) is 82.3 cm³/mol. The number of aromatic nitrogens is 2. The van der Waals surface area contributed by atoms with Crippen molar-refractivity contribution in [1.82, 2.24) is 9.97 Å². The highest BCUT2D eigenvalue weighted by Crippen LogP contribution is 2.34. The summed E-state index contributed by atoms with van der Waals surface area (Å²) in [6, 6.07) is 2.20. The molecular weight excluding hydrogens is 256 g/mol. The van der Waals surface area contributed by atoms with E-state index >= 15 is 0 Å². The summed E-state index contributed by atoms with van der Waals surface area (Å²) >= 11 is 1.74. The summed E-state index contributed by atoms with van der Waals surface area (Å²) < 4.78 is 0. The summed E-state index contributed by atoms with van der Waals surface area (Å²) in [5.41, 5.74) is 0. The van der Waals surface area contributed by atoms with E-state index in [2.05, 4.69) is 42.2 Å². The van der Waals surface area contributed by atoms with Crippen molar-refractivity contribution in [3.8, 4) is 0 Å². The summed E-state index contributed by atoms with van der Waals surface area (Å²) in [4.78, 5) is 13.9. The third kappa shape index (κ3) is 2.66. The van der Waals surface area contributed by atoms with Crippen molar-refractivity contribution in [3.63, 3.8) is 0 Å². The van der Waals surface area contributed by atoms with E-state index in [0.29, 0.717) is 0 Å². The molecule has 102 valence electrons. The van der Waals surface area contributed by atoms with Crippen molar-refractivity contribution in [2.24, 2.45) is 5.92 Å². The van der Waals surface area contributed by atoms with Crippen LogP contribution in [0.3, 0.4) is 0 Å². The van der Waals surface area contributed by atoms with Crippen molar-refractivity contribution in [2.75, 3.05) is 30.4 Å². The van der Waals surface area contributed by atoms with Crippen LogP contribution in [0.25, 0.3) is 10.2 Å². The van der Waals surface area contributed by atoms with Gasteiger partial charge >= 0.3 is 0 Å². The van der Waals surface area contributed by atoms with E-state index in [1.165, 1.54) is 23.1 Å². The average Bonchev–Trinajstić information content (AvgIpc) is 3.08. The van der Waals surface area contributed by atoms with E-state index in [9.17, 15) is 0 Å². The van der Waals surface area contributed by atoms with Crippen molar-refractivity contribution in [2.45, 2.75) is 26.7 Å². The number of anilines is 2. The molecule has 2 heterocycles. The van der Waals surface area contributed by atoms with E-state index in [-0.39, 0.29) is 0 Å². The fourth-order valence-corrected chi connectivity index (χ4v) is 3.20. The van der Waals surface area contributed by atoms with Gasteiger partial charge in [0, 0.05) is 25.0 Å². The van der Waals surface area contributed by atoms with E-state index in [0.717, 1.165) is 35.6 Å². The van der Waals surface area contributed by atoms with Crippen LogP contribution in [0.4, 0.5) is 11.8 Å². The maximum Gasteiger partial charge on any atom is 0.226 e. The van der Waals surface area contributed by atoms with Crippen LogP contribution in [0.2, 0.25) is 0 Å². The zero-order chi connectivity index (χ0) is 13.4. The molecule has 4 nitrogen and oxygen atoms in total. The molecule has 5 heteroatoms.